The lowest BCUT2D eigenvalue weighted by Crippen LogP contribution is -2.31. The Morgan fingerprint density at radius 2 is 1.87 bits per heavy atom. The van der Waals surface area contributed by atoms with Crippen LogP contribution in [0, 0.1) is 11.8 Å². The van der Waals surface area contributed by atoms with Gasteiger partial charge in [0.15, 0.2) is 6.17 Å². The zero-order valence-electron chi connectivity index (χ0n) is 15.3. The number of nitrogens with one attached hydrogen (secondary N) is 1. The van der Waals surface area contributed by atoms with E-state index in [0.717, 1.165) is 6.20 Å². The van der Waals surface area contributed by atoms with E-state index in [1.165, 1.54) is 6.92 Å². The van der Waals surface area contributed by atoms with Crippen LogP contribution in [0.2, 0.25) is 0 Å². The maximum absolute atomic E-state index is 14.6. The summed E-state index contributed by atoms with van der Waals surface area (Å²) in [5, 5.41) is 9.99. The third-order valence-electron chi connectivity index (χ3n) is 3.48. The van der Waals surface area contributed by atoms with Gasteiger partial charge < -0.3 is 34.4 Å². The second-order valence-electron chi connectivity index (χ2n) is 5.80. The zero-order valence-corrected chi connectivity index (χ0v) is 17.9. The molecule has 31 heavy (non-hydrogen) atoms. The van der Waals surface area contributed by atoms with Gasteiger partial charge in [0.25, 0.3) is 5.56 Å². The molecule has 6 N–H and O–H groups in total. The molecule has 0 aromatic carbocycles. The van der Waals surface area contributed by atoms with Crippen molar-refractivity contribution in [2.75, 3.05) is 6.61 Å². The molecule has 0 amide bonds. The fraction of sp³-hybridized carbons (Fsp3) is 0.500. The molecule has 15 nitrogen and oxygen atoms in total. The van der Waals surface area contributed by atoms with Crippen LogP contribution in [0.5, 0.6) is 0 Å². The topological polar surface area (TPSA) is 235 Å². The lowest BCUT2D eigenvalue weighted by atomic mass is 10.1. The summed E-state index contributed by atoms with van der Waals surface area (Å²) in [6, 6.07) is 0. The molecule has 19 heteroatoms. The summed E-state index contributed by atoms with van der Waals surface area (Å²) in [5.41, 5.74) is -0.913. The first-order valence-electron chi connectivity index (χ1n) is 7.92. The molecular weight excluding hydrogens is 492 g/mol. The van der Waals surface area contributed by atoms with E-state index in [1.807, 2.05) is 0 Å². The summed E-state index contributed by atoms with van der Waals surface area (Å²) in [7, 11) is -16.8. The molecule has 2 heterocycles. The van der Waals surface area contributed by atoms with Crippen LogP contribution >= 0.6 is 23.5 Å². The first-order valence-corrected chi connectivity index (χ1v) is 12.4. The van der Waals surface area contributed by atoms with E-state index in [9.17, 15) is 32.9 Å². The predicted molar refractivity (Wildman–Crippen MR) is 95.7 cm³/mol. The Morgan fingerprint density at radius 1 is 1.23 bits per heavy atom. The highest BCUT2D eigenvalue weighted by atomic mass is 31.3. The highest BCUT2D eigenvalue weighted by Crippen LogP contribution is 2.66. The van der Waals surface area contributed by atoms with Gasteiger partial charge in [0.1, 0.15) is 29.7 Å². The van der Waals surface area contributed by atoms with Gasteiger partial charge in [-0.25, -0.2) is 23.1 Å². The normalized spacial score (nSPS) is 27.7. The SMILES string of the molecule is CC#Cc1[nH]c(=O)cnc1[C@@H]1O[C@H](COP(=O)(O)OP(=O)(O)OP(=O)(O)O)C(O)[C@@H]1F. The number of hydrogen-bond acceptors (Lipinski definition) is 10. The van der Waals surface area contributed by atoms with Crippen LogP contribution in [0.25, 0.3) is 0 Å². The van der Waals surface area contributed by atoms with Gasteiger partial charge in [-0.3, -0.25) is 9.32 Å². The standard InChI is InChI=1S/C12H16FN2O13P3/c1-2-3-6-10(14-4-8(16)15-6)12-9(13)11(17)7(26-12)5-25-30(21,22)28-31(23,24)27-29(18,19)20/h4,7,9,11-12,17H,5H2,1H3,(H,15,16)(H,21,22)(H,23,24)(H2,18,19,20)/t7-,9+,11?,12-/m1/s1. The van der Waals surface area contributed by atoms with Gasteiger partial charge in [-0.1, -0.05) is 5.92 Å². The maximum Gasteiger partial charge on any atom is 0.490 e. The van der Waals surface area contributed by atoms with Gasteiger partial charge in [0.05, 0.1) is 12.8 Å². The number of aliphatic hydroxyl groups excluding tert-OH is 1. The summed E-state index contributed by atoms with van der Waals surface area (Å²) in [6.07, 6.45) is -6.46. The molecule has 1 aromatic rings. The highest BCUT2D eigenvalue weighted by Gasteiger charge is 2.48. The number of hydrogen-bond donors (Lipinski definition) is 6. The number of rotatable bonds is 8. The first-order chi connectivity index (χ1) is 14.1. The number of halogens is 1. The molecule has 1 fully saturated rings. The third kappa shape index (κ3) is 7.37. The monoisotopic (exact) mass is 508 g/mol. The van der Waals surface area contributed by atoms with E-state index < -0.39 is 60.1 Å². The molecule has 3 unspecified atom stereocenters. The third-order valence-corrected chi connectivity index (χ3v) is 7.28. The van der Waals surface area contributed by atoms with E-state index in [0.29, 0.717) is 0 Å². The van der Waals surface area contributed by atoms with Crippen LogP contribution < -0.4 is 5.56 Å². The van der Waals surface area contributed by atoms with Gasteiger partial charge in [-0.15, -0.1) is 0 Å². The summed E-state index contributed by atoms with van der Waals surface area (Å²) in [6.45, 7) is 0.359. The fourth-order valence-electron chi connectivity index (χ4n) is 2.40. The molecule has 174 valence electrons. The van der Waals surface area contributed by atoms with Crippen molar-refractivity contribution in [1.82, 2.24) is 9.97 Å². The number of alkyl halides is 1. The van der Waals surface area contributed by atoms with E-state index >= 15 is 0 Å². The summed E-state index contributed by atoms with van der Waals surface area (Å²) in [5.74, 6) is 4.94. The Bertz CT molecular complexity index is 1080. The Morgan fingerprint density at radius 3 is 2.45 bits per heavy atom. The number of aromatic nitrogens is 2. The molecule has 0 bridgehead atoms. The second-order valence-corrected chi connectivity index (χ2v) is 10.2. The molecule has 1 aliphatic rings. The van der Waals surface area contributed by atoms with Crippen molar-refractivity contribution in [1.29, 1.82) is 0 Å². The van der Waals surface area contributed by atoms with Gasteiger partial charge in [-0.2, -0.15) is 8.62 Å². The minimum atomic E-state index is -5.74. The van der Waals surface area contributed by atoms with E-state index in [-0.39, 0.29) is 11.4 Å². The maximum atomic E-state index is 14.6. The number of H-pyrrole nitrogens is 1. The molecular formula is C12H16FN2O13P3. The van der Waals surface area contributed by atoms with Gasteiger partial charge in [0.2, 0.25) is 0 Å². The fourth-order valence-corrected chi connectivity index (χ4v) is 5.43. The highest BCUT2D eigenvalue weighted by molar-refractivity contribution is 7.66. The van der Waals surface area contributed by atoms with Gasteiger partial charge >= 0.3 is 23.5 Å². The number of nitrogens with zero attached hydrogens (tertiary/aromatic N) is 1. The minimum Gasteiger partial charge on any atom is -0.387 e. The van der Waals surface area contributed by atoms with Crippen molar-refractivity contribution in [2.24, 2.45) is 0 Å². The zero-order chi connectivity index (χ0) is 23.6. The average Bonchev–Trinajstić information content (AvgIpc) is 2.86. The number of phosphoric ester groups is 1. The van der Waals surface area contributed by atoms with Crippen molar-refractivity contribution < 1.29 is 60.6 Å². The van der Waals surface area contributed by atoms with Crippen molar-refractivity contribution in [3.8, 4) is 11.8 Å². The van der Waals surface area contributed by atoms with Crippen LogP contribution in [0.1, 0.15) is 24.4 Å². The van der Waals surface area contributed by atoms with Gasteiger partial charge in [-0.05, 0) is 12.8 Å². The molecule has 6 atom stereocenters. The van der Waals surface area contributed by atoms with Crippen LogP contribution in [0.15, 0.2) is 11.0 Å². The second kappa shape index (κ2) is 9.68. The smallest absolute Gasteiger partial charge is 0.387 e. The van der Waals surface area contributed by atoms with E-state index in [1.54, 1.807) is 0 Å². The first kappa shape index (κ1) is 26.0. The quantitative estimate of drug-likeness (QED) is 0.194. The molecule has 1 aliphatic heterocycles. The Labute approximate surface area is 172 Å². The number of phosphoric acid groups is 3. The van der Waals surface area contributed by atoms with Crippen LogP contribution in [-0.2, 0) is 31.6 Å². The summed E-state index contributed by atoms with van der Waals surface area (Å²) < 4.78 is 64.8. The number of ether oxygens (including phenoxy) is 1. The minimum absolute atomic E-state index is 0.0941. The van der Waals surface area contributed by atoms with Crippen LogP contribution in [0.3, 0.4) is 0 Å². The van der Waals surface area contributed by atoms with Crippen LogP contribution in [0.4, 0.5) is 4.39 Å². The molecule has 0 radical (unpaired) electrons. The van der Waals surface area contributed by atoms with E-state index in [4.69, 9.17) is 19.4 Å². The Hall–Kier alpha value is -1.30. The van der Waals surface area contributed by atoms with Crippen molar-refractivity contribution in [2.45, 2.75) is 31.4 Å². The lowest BCUT2D eigenvalue weighted by Gasteiger charge is -2.19. The average molecular weight is 508 g/mol. The molecule has 1 saturated heterocycles. The molecule has 2 rings (SSSR count). The Balaban J connectivity index is 2.12. The number of aromatic amines is 1. The molecule has 1 aromatic heterocycles. The largest absolute Gasteiger partial charge is 0.490 e. The van der Waals surface area contributed by atoms with Crippen molar-refractivity contribution in [3.63, 3.8) is 0 Å². The lowest BCUT2D eigenvalue weighted by molar-refractivity contribution is -0.0233. The van der Waals surface area contributed by atoms with Crippen molar-refractivity contribution >= 4 is 23.5 Å². The van der Waals surface area contributed by atoms with Gasteiger partial charge in [0, 0.05) is 0 Å². The van der Waals surface area contributed by atoms with Crippen molar-refractivity contribution in [3.05, 3.63) is 27.9 Å². The summed E-state index contributed by atoms with van der Waals surface area (Å²) >= 11 is 0. The molecule has 0 spiro atoms. The predicted octanol–water partition coefficient (Wildman–Crippen LogP) is -0.377. The van der Waals surface area contributed by atoms with E-state index in [2.05, 4.69) is 35.0 Å². The summed E-state index contributed by atoms with van der Waals surface area (Å²) in [4.78, 5) is 52.9. The Kier molecular flexibility index (Phi) is 8.10. The number of aliphatic hydroxyl groups is 1. The molecule has 0 aliphatic carbocycles. The van der Waals surface area contributed by atoms with Crippen LogP contribution in [-0.4, -0.2) is 59.6 Å². The molecule has 0 saturated carbocycles.